The molecule has 0 heterocycles. The maximum Gasteiger partial charge on any atom is 0.121 e. The monoisotopic (exact) mass is 252 g/mol. The summed E-state index contributed by atoms with van der Waals surface area (Å²) in [5.74, 6) is 4.51. The van der Waals surface area contributed by atoms with Crippen LogP contribution in [0.5, 0.6) is 0 Å². The molecule has 0 aliphatic rings. The van der Waals surface area contributed by atoms with E-state index in [9.17, 15) is 0 Å². The Labute approximate surface area is 118 Å². The molecule has 0 aromatic rings. The van der Waals surface area contributed by atoms with E-state index < -0.39 is 0 Å². The molecular weight excluding hydrogens is 215 g/mol. The summed E-state index contributed by atoms with van der Waals surface area (Å²) in [7, 11) is 1.36. The zero-order valence-electron chi connectivity index (χ0n) is 14.1. The van der Waals surface area contributed by atoms with Crippen LogP contribution < -0.4 is 0 Å². The fraction of sp³-hybridized carbons (Fsp3) is 1.00. The van der Waals surface area contributed by atoms with E-state index in [2.05, 4.69) is 48.4 Å². The number of hydrogen-bond acceptors (Lipinski definition) is 0. The van der Waals surface area contributed by atoms with Crippen molar-refractivity contribution in [3.8, 4) is 0 Å². The Hall–Kier alpha value is 0.0649. The van der Waals surface area contributed by atoms with Crippen LogP contribution in [0.3, 0.4) is 0 Å². The minimum absolute atomic E-state index is 0.858. The Morgan fingerprint density at radius 3 is 1.83 bits per heavy atom. The van der Waals surface area contributed by atoms with E-state index in [0.717, 1.165) is 29.5 Å². The lowest BCUT2D eigenvalue weighted by Crippen LogP contribution is -2.16. The van der Waals surface area contributed by atoms with E-state index in [1.54, 1.807) is 0 Å². The van der Waals surface area contributed by atoms with Gasteiger partial charge in [0.1, 0.15) is 7.28 Å². The van der Waals surface area contributed by atoms with Crippen molar-refractivity contribution in [2.75, 3.05) is 0 Å². The second-order valence-electron chi connectivity index (χ2n) is 7.22. The molecule has 0 radical (unpaired) electrons. The maximum atomic E-state index is 2.48. The third kappa shape index (κ3) is 8.22. The van der Waals surface area contributed by atoms with E-state index in [1.807, 2.05) is 0 Å². The van der Waals surface area contributed by atoms with Gasteiger partial charge in [-0.05, 0) is 30.1 Å². The average molecular weight is 252 g/mol. The second kappa shape index (κ2) is 9.93. The van der Waals surface area contributed by atoms with Crippen molar-refractivity contribution >= 4 is 7.28 Å². The summed E-state index contributed by atoms with van der Waals surface area (Å²) in [4.78, 5) is 0. The second-order valence-corrected chi connectivity index (χ2v) is 7.22. The Bertz CT molecular complexity index is 188. The zero-order chi connectivity index (χ0) is 14.1. The summed E-state index contributed by atoms with van der Waals surface area (Å²) in [5, 5.41) is 0. The van der Waals surface area contributed by atoms with Crippen molar-refractivity contribution in [2.24, 2.45) is 23.7 Å². The van der Waals surface area contributed by atoms with Crippen molar-refractivity contribution in [3.63, 3.8) is 0 Å². The van der Waals surface area contributed by atoms with Crippen LogP contribution in [0.1, 0.15) is 73.6 Å². The molecule has 0 amide bonds. The summed E-state index contributed by atoms with van der Waals surface area (Å²) >= 11 is 0. The number of hydrogen-bond donors (Lipinski definition) is 0. The molecule has 0 aromatic carbocycles. The highest BCUT2D eigenvalue weighted by molar-refractivity contribution is 6.35. The highest BCUT2D eigenvalue weighted by Crippen LogP contribution is 2.31. The highest BCUT2D eigenvalue weighted by atomic mass is 14.2. The van der Waals surface area contributed by atoms with Gasteiger partial charge in [0, 0.05) is 0 Å². The lowest BCUT2D eigenvalue weighted by Gasteiger charge is -2.27. The summed E-state index contributed by atoms with van der Waals surface area (Å²) in [6, 6.07) is 0. The van der Waals surface area contributed by atoms with Crippen molar-refractivity contribution in [2.45, 2.75) is 86.3 Å². The van der Waals surface area contributed by atoms with Gasteiger partial charge >= 0.3 is 0 Å². The molecule has 0 aliphatic carbocycles. The lowest BCUT2D eigenvalue weighted by molar-refractivity contribution is 0.282. The maximum absolute atomic E-state index is 2.48. The molecule has 108 valence electrons. The van der Waals surface area contributed by atoms with E-state index in [4.69, 9.17) is 0 Å². The third-order valence-electron chi connectivity index (χ3n) is 4.61. The molecule has 0 saturated carbocycles. The van der Waals surface area contributed by atoms with Crippen molar-refractivity contribution in [3.05, 3.63) is 0 Å². The molecule has 4 atom stereocenters. The SMILES string of the molecule is CBC(CC(C)C)CC(C)C(C)CC(C)CCC. The summed E-state index contributed by atoms with van der Waals surface area (Å²) < 4.78 is 0. The van der Waals surface area contributed by atoms with Gasteiger partial charge in [-0.3, -0.25) is 0 Å². The molecule has 0 spiro atoms. The van der Waals surface area contributed by atoms with Crippen LogP contribution in [0.25, 0.3) is 0 Å². The average Bonchev–Trinajstić information content (AvgIpc) is 2.27. The van der Waals surface area contributed by atoms with E-state index >= 15 is 0 Å². The van der Waals surface area contributed by atoms with Gasteiger partial charge in [-0.15, -0.1) is 0 Å². The Balaban J connectivity index is 4.07. The molecule has 1 heteroatoms. The quantitative estimate of drug-likeness (QED) is 0.431. The Morgan fingerprint density at radius 2 is 1.39 bits per heavy atom. The van der Waals surface area contributed by atoms with Crippen LogP contribution in [0.2, 0.25) is 12.6 Å². The molecule has 0 saturated heterocycles. The molecule has 0 aliphatic heterocycles. The normalized spacial score (nSPS) is 18.4. The smallest absolute Gasteiger partial charge is 0.0891 e. The van der Waals surface area contributed by atoms with E-state index in [1.165, 1.54) is 39.4 Å². The molecule has 0 nitrogen and oxygen atoms in total. The van der Waals surface area contributed by atoms with Gasteiger partial charge in [0.15, 0.2) is 0 Å². The van der Waals surface area contributed by atoms with Crippen LogP contribution >= 0.6 is 0 Å². The Morgan fingerprint density at radius 1 is 0.833 bits per heavy atom. The fourth-order valence-electron chi connectivity index (χ4n) is 3.33. The van der Waals surface area contributed by atoms with Crippen LogP contribution in [0, 0.1) is 23.7 Å². The standard InChI is InChI=1S/C17H37B/c1-8-9-14(4)11-15(5)16(6)12-17(18-7)10-13(2)3/h13-18H,8-12H2,1-7H3. The predicted octanol–water partition coefficient (Wildman–Crippen LogP) is 5.79. The van der Waals surface area contributed by atoms with Crippen LogP contribution in [0.15, 0.2) is 0 Å². The first-order valence-corrected chi connectivity index (χ1v) is 8.40. The molecule has 18 heavy (non-hydrogen) atoms. The minimum Gasteiger partial charge on any atom is -0.0891 e. The van der Waals surface area contributed by atoms with Gasteiger partial charge in [0.05, 0.1) is 0 Å². The highest BCUT2D eigenvalue weighted by Gasteiger charge is 2.19. The molecule has 0 fully saturated rings. The van der Waals surface area contributed by atoms with Crippen molar-refractivity contribution in [1.82, 2.24) is 0 Å². The lowest BCUT2D eigenvalue weighted by atomic mass is 9.60. The topological polar surface area (TPSA) is 0 Å². The van der Waals surface area contributed by atoms with Crippen LogP contribution in [-0.4, -0.2) is 7.28 Å². The summed E-state index contributed by atoms with van der Waals surface area (Å²) in [5.41, 5.74) is 0. The molecule has 0 N–H and O–H groups in total. The minimum atomic E-state index is 0.858. The molecule has 0 aromatic heterocycles. The van der Waals surface area contributed by atoms with E-state index in [-0.39, 0.29) is 0 Å². The first kappa shape index (κ1) is 18.1. The molecule has 4 unspecified atom stereocenters. The fourth-order valence-corrected chi connectivity index (χ4v) is 3.33. The largest absolute Gasteiger partial charge is 0.121 e. The molecule has 0 bridgehead atoms. The van der Waals surface area contributed by atoms with Gasteiger partial charge in [-0.1, -0.05) is 79.9 Å². The van der Waals surface area contributed by atoms with Crippen LogP contribution in [0.4, 0.5) is 0 Å². The van der Waals surface area contributed by atoms with Gasteiger partial charge in [-0.25, -0.2) is 0 Å². The summed E-state index contributed by atoms with van der Waals surface area (Å²) in [6.45, 7) is 16.8. The molecule has 0 rings (SSSR count). The zero-order valence-corrected chi connectivity index (χ0v) is 14.1. The van der Waals surface area contributed by atoms with Crippen LogP contribution in [-0.2, 0) is 0 Å². The molecular formula is C17H37B. The van der Waals surface area contributed by atoms with E-state index in [0.29, 0.717) is 0 Å². The van der Waals surface area contributed by atoms with Crippen molar-refractivity contribution in [1.29, 1.82) is 0 Å². The van der Waals surface area contributed by atoms with Crippen molar-refractivity contribution < 1.29 is 0 Å². The van der Waals surface area contributed by atoms with Gasteiger partial charge in [0.2, 0.25) is 0 Å². The van der Waals surface area contributed by atoms with Gasteiger partial charge < -0.3 is 0 Å². The summed E-state index contributed by atoms with van der Waals surface area (Å²) in [6.07, 6.45) is 7.02. The van der Waals surface area contributed by atoms with Gasteiger partial charge in [0.25, 0.3) is 0 Å². The Kier molecular flexibility index (Phi) is 9.96. The predicted molar refractivity (Wildman–Crippen MR) is 87.9 cm³/mol. The number of rotatable bonds is 10. The third-order valence-corrected chi connectivity index (χ3v) is 4.61. The first-order chi connectivity index (χ1) is 8.40. The first-order valence-electron chi connectivity index (χ1n) is 8.40. The van der Waals surface area contributed by atoms with Gasteiger partial charge in [-0.2, -0.15) is 0 Å².